The lowest BCUT2D eigenvalue weighted by Gasteiger charge is -2.54. The second kappa shape index (κ2) is 46.9. The van der Waals surface area contributed by atoms with Gasteiger partial charge in [0.2, 0.25) is 0 Å². The lowest BCUT2D eigenvalue weighted by Crippen LogP contribution is -2.44. The number of benzene rings is 10. The number of hydrogen-bond acceptors (Lipinski definition) is 0. The van der Waals surface area contributed by atoms with Crippen LogP contribution in [0, 0.1) is 56.2 Å². The summed E-state index contributed by atoms with van der Waals surface area (Å²) in [5, 5.41) is 0. The standard InChI is InChI=1S/C29H39F.C28H37F.C27H35F.C26H33F.C25H31F/c1-3-5-7-16-28-17-20-29(21-18-28,22-19-28)26-11-8-10-25(27(26)30)24-14-12-23(13-15-24)9-6-4-2;1-3-5-8-22-11-13-23(14-12-22)24-9-7-10-25(26(24)29)28-19-16-27(17-20-28,18-21-28)15-6-4-2;1-3-5-8-21-11-12-23(25(28)20-21)22-9-6-7-10-24(22)27-17-14-26(13-4-2,15-18-27)16-19-27;1-3-5-7-20-10-12-21(13-11-20)22-8-6-9-23(24(22)27)26-17-14-25(4-2,15-18-26)16-19-26;1-3-4-6-19-9-11-20(12-10-19)21-7-5-8-22(23(21)26)25-16-13-24(2,14-17-25)15-18-25/h8,10-15H,3-7,9,16-22H2,1-2H3;7,9-14H,3-6,8,15-21H2,1-2H3;6-7,9-12,20H,3-5,8,13-19H2,1-2H3;6,8-13H,3-5,7,14-19H2,1-2H3;5,7-12H,3-4,6,13-18H2,1-2H3. The third-order valence-electron chi connectivity index (χ3n) is 39.4. The second-order valence-electron chi connectivity index (χ2n) is 47.7. The molecule has 0 spiro atoms. The molecule has 10 aromatic rings. The van der Waals surface area contributed by atoms with Crippen LogP contribution in [0.15, 0.2) is 212 Å². The maximum absolute atomic E-state index is 15.8. The van der Waals surface area contributed by atoms with Gasteiger partial charge in [-0.1, -0.05) is 353 Å². The van der Waals surface area contributed by atoms with Crippen LogP contribution in [0.1, 0.15) is 446 Å². The number of unbranched alkanes of at least 4 members (excludes halogenated alkanes) is 8. The van der Waals surface area contributed by atoms with Crippen molar-refractivity contribution in [3.05, 3.63) is 297 Å². The van der Waals surface area contributed by atoms with E-state index >= 15 is 22.0 Å². The molecule has 0 aromatic heterocycles. The molecule has 0 atom stereocenters. The predicted octanol–water partition coefficient (Wildman–Crippen LogP) is 41.1. The van der Waals surface area contributed by atoms with Crippen LogP contribution >= 0.6 is 0 Å². The van der Waals surface area contributed by atoms with E-state index in [1.165, 1.54) is 297 Å². The van der Waals surface area contributed by atoms with Gasteiger partial charge in [-0.25, -0.2) is 22.0 Å². The molecule has 0 N–H and O–H groups in total. The Morgan fingerprint density at radius 1 is 0.200 bits per heavy atom. The van der Waals surface area contributed by atoms with Gasteiger partial charge in [-0.05, 0) is 420 Å². The summed E-state index contributed by atoms with van der Waals surface area (Å²) >= 11 is 0. The van der Waals surface area contributed by atoms with Crippen LogP contribution in [0.25, 0.3) is 55.6 Å². The molecule has 0 saturated heterocycles. The zero-order valence-corrected chi connectivity index (χ0v) is 88.5. The van der Waals surface area contributed by atoms with Crippen LogP contribution in [0.4, 0.5) is 22.0 Å². The van der Waals surface area contributed by atoms with E-state index in [9.17, 15) is 0 Å². The average molecular weight is 1890 g/mol. The van der Waals surface area contributed by atoms with Crippen molar-refractivity contribution in [2.45, 2.75) is 449 Å². The van der Waals surface area contributed by atoms with Gasteiger partial charge in [-0.15, -0.1) is 0 Å². The van der Waals surface area contributed by atoms with E-state index in [2.05, 4.69) is 245 Å². The van der Waals surface area contributed by atoms with Gasteiger partial charge >= 0.3 is 0 Å². The summed E-state index contributed by atoms with van der Waals surface area (Å²) in [6, 6.07) is 73.3. The molecule has 0 heterocycles. The Bertz CT molecular complexity index is 5520. The fourth-order valence-electron chi connectivity index (χ4n) is 29.0. The first-order valence-electron chi connectivity index (χ1n) is 57.4. The molecule has 0 radical (unpaired) electrons. The van der Waals surface area contributed by atoms with Crippen molar-refractivity contribution in [1.29, 1.82) is 0 Å². The van der Waals surface area contributed by atoms with Crippen molar-refractivity contribution in [2.24, 2.45) is 27.1 Å². The van der Waals surface area contributed by atoms with Gasteiger partial charge in [0, 0.05) is 27.8 Å². The van der Waals surface area contributed by atoms with Crippen LogP contribution in [-0.4, -0.2) is 0 Å². The highest BCUT2D eigenvalue weighted by Crippen LogP contribution is 2.66. The van der Waals surface area contributed by atoms with E-state index < -0.39 is 0 Å². The monoisotopic (exact) mass is 1890 g/mol. The number of rotatable bonds is 35. The minimum absolute atomic E-state index is 0.0271. The summed E-state index contributed by atoms with van der Waals surface area (Å²) in [5.74, 6) is 0.0874. The van der Waals surface area contributed by atoms with Crippen molar-refractivity contribution < 1.29 is 22.0 Å². The molecular weight excluding hydrogens is 1720 g/mol. The topological polar surface area (TPSA) is 0 Å². The first-order chi connectivity index (χ1) is 68.0. The molecule has 0 unspecified atom stereocenters. The minimum Gasteiger partial charge on any atom is -0.206 e. The molecule has 15 saturated carbocycles. The summed E-state index contributed by atoms with van der Waals surface area (Å²) in [6.07, 6.45) is 68.1. The van der Waals surface area contributed by atoms with E-state index in [4.69, 9.17) is 0 Å². The minimum atomic E-state index is -0.0515. The van der Waals surface area contributed by atoms with Crippen molar-refractivity contribution in [2.75, 3.05) is 0 Å². The number of hydrogen-bond donors (Lipinski definition) is 0. The summed E-state index contributed by atoms with van der Waals surface area (Å²) < 4.78 is 78.0. The van der Waals surface area contributed by atoms with Gasteiger partial charge in [-0.3, -0.25) is 0 Å². The Hall–Kier alpha value is -8.15. The summed E-state index contributed by atoms with van der Waals surface area (Å²) in [6.45, 7) is 22.7. The van der Waals surface area contributed by atoms with E-state index in [1.54, 1.807) is 6.07 Å². The molecule has 5 heteroatoms. The first kappa shape index (κ1) is 105. The molecule has 0 aliphatic heterocycles. The zero-order valence-electron chi connectivity index (χ0n) is 88.5. The van der Waals surface area contributed by atoms with Crippen LogP contribution < -0.4 is 0 Å². The number of fused-ring (bicyclic) bond motifs is 15. The SMILES string of the molecule is CCCCCC12CCC(c3cccc(-c4ccc(CCCC)cc4)c3F)(CC1)CC2.CCCCc1ccc(-c2cccc(C34CCC(C)(CC3)CC4)c2F)cc1.CCCCc1ccc(-c2cccc(C34CCC(CC)(CC3)CC4)c2F)cc1.CCCCc1ccc(-c2cccc(C34CCC(CCCC)(CC3)CC4)c2F)cc1.CCCCc1ccc(-c2ccccc2C23CCC(CCC)(CC2)CC3)c(F)c1. The van der Waals surface area contributed by atoms with Gasteiger partial charge in [-0.2, -0.15) is 0 Å². The molecular formula is C135H175F5. The molecule has 750 valence electrons. The highest BCUT2D eigenvalue weighted by Gasteiger charge is 2.55. The van der Waals surface area contributed by atoms with E-state index in [1.807, 2.05) is 30.3 Å². The molecule has 10 aromatic carbocycles. The molecule has 10 bridgehead atoms. The van der Waals surface area contributed by atoms with Crippen LogP contribution in [-0.2, 0) is 59.2 Å². The normalized spacial score (nSPS) is 26.5. The van der Waals surface area contributed by atoms with Crippen molar-refractivity contribution in [3.63, 3.8) is 0 Å². The van der Waals surface area contributed by atoms with Crippen molar-refractivity contribution >= 4 is 0 Å². The number of halogens is 5. The summed E-state index contributed by atoms with van der Waals surface area (Å²) in [4.78, 5) is 0. The Labute approximate surface area is 845 Å². The van der Waals surface area contributed by atoms with Crippen molar-refractivity contribution in [3.8, 4) is 55.6 Å². The highest BCUT2D eigenvalue weighted by atomic mass is 19.1. The molecule has 0 amide bonds. The second-order valence-corrected chi connectivity index (χ2v) is 47.7. The Morgan fingerprint density at radius 3 is 0.743 bits per heavy atom. The summed E-state index contributed by atoms with van der Waals surface area (Å²) in [7, 11) is 0. The van der Waals surface area contributed by atoms with Gasteiger partial charge in [0.15, 0.2) is 0 Å². The fourth-order valence-corrected chi connectivity index (χ4v) is 29.0. The van der Waals surface area contributed by atoms with Gasteiger partial charge in [0.05, 0.1) is 0 Å². The first-order valence-corrected chi connectivity index (χ1v) is 57.4. The van der Waals surface area contributed by atoms with E-state index in [-0.39, 0.29) is 56.2 Å². The fraction of sp³-hybridized carbons (Fsp3) is 0.556. The summed E-state index contributed by atoms with van der Waals surface area (Å²) in [5.41, 5.74) is 24.4. The molecule has 15 fully saturated rings. The average Bonchev–Trinajstić information content (AvgIpc) is 0.754. The van der Waals surface area contributed by atoms with Gasteiger partial charge in [0.1, 0.15) is 29.1 Å². The van der Waals surface area contributed by atoms with Crippen molar-refractivity contribution in [1.82, 2.24) is 0 Å². The predicted molar refractivity (Wildman–Crippen MR) is 586 cm³/mol. The van der Waals surface area contributed by atoms with E-state index in [0.717, 1.165) is 167 Å². The maximum atomic E-state index is 15.8. The van der Waals surface area contributed by atoms with Crippen LogP contribution in [0.3, 0.4) is 0 Å². The van der Waals surface area contributed by atoms with E-state index in [0.29, 0.717) is 27.1 Å². The zero-order chi connectivity index (χ0) is 98.1. The van der Waals surface area contributed by atoms with Crippen LogP contribution in [0.2, 0.25) is 0 Å². The smallest absolute Gasteiger partial charge is 0.134 e. The Kier molecular flexibility index (Phi) is 35.1. The van der Waals surface area contributed by atoms with Crippen LogP contribution in [0.5, 0.6) is 0 Å². The third kappa shape index (κ3) is 23.2. The maximum Gasteiger partial charge on any atom is 0.134 e. The molecule has 140 heavy (non-hydrogen) atoms. The quantitative estimate of drug-likeness (QED) is 0.0274. The lowest BCUT2D eigenvalue weighted by molar-refractivity contribution is 0.0289. The Morgan fingerprint density at radius 2 is 0.450 bits per heavy atom. The molecule has 25 rings (SSSR count). The Balaban J connectivity index is 0.000000126. The molecule has 0 nitrogen and oxygen atoms in total. The largest absolute Gasteiger partial charge is 0.206 e. The van der Waals surface area contributed by atoms with Gasteiger partial charge in [0.25, 0.3) is 0 Å². The molecule has 15 aliphatic rings. The number of aryl methyl sites for hydroxylation is 5. The molecule has 15 aliphatic carbocycles. The van der Waals surface area contributed by atoms with Gasteiger partial charge < -0.3 is 0 Å². The highest BCUT2D eigenvalue weighted by molar-refractivity contribution is 5.72. The third-order valence-corrected chi connectivity index (χ3v) is 39.4. The lowest BCUT2D eigenvalue weighted by atomic mass is 9.50.